The minimum Gasteiger partial charge on any atom is -0.372 e. The SMILES string of the molecule is CC(NC(=O)[C@@H]1C[C@@H](OCc2ccccc2)CN1C(=O)c1cc2ccccc2[nH]1)C(=O)C(=O)NCc1ccccc1. The third-order valence-electron chi connectivity index (χ3n) is 7.19. The van der Waals surface area contributed by atoms with Gasteiger partial charge in [-0.15, -0.1) is 0 Å². The highest BCUT2D eigenvalue weighted by molar-refractivity contribution is 6.38. The predicted molar refractivity (Wildman–Crippen MR) is 154 cm³/mol. The lowest BCUT2D eigenvalue weighted by Gasteiger charge is -2.24. The van der Waals surface area contributed by atoms with E-state index in [0.717, 1.165) is 22.0 Å². The molecule has 9 nitrogen and oxygen atoms in total. The van der Waals surface area contributed by atoms with E-state index in [0.29, 0.717) is 12.3 Å². The molecule has 9 heteroatoms. The van der Waals surface area contributed by atoms with Gasteiger partial charge in [0.15, 0.2) is 0 Å². The molecule has 1 unspecified atom stereocenters. The lowest BCUT2D eigenvalue weighted by Crippen LogP contribution is -2.52. The number of Topliss-reactive ketones (excluding diaryl/α,β-unsaturated/α-hetero) is 1. The van der Waals surface area contributed by atoms with Gasteiger partial charge in [-0.2, -0.15) is 0 Å². The molecule has 0 aliphatic carbocycles. The van der Waals surface area contributed by atoms with Crippen LogP contribution in [0.4, 0.5) is 0 Å². The van der Waals surface area contributed by atoms with Crippen LogP contribution >= 0.6 is 0 Å². The molecule has 1 saturated heterocycles. The number of fused-ring (bicyclic) bond motifs is 1. The summed E-state index contributed by atoms with van der Waals surface area (Å²) in [5, 5.41) is 6.13. The Labute approximate surface area is 237 Å². The molecule has 0 spiro atoms. The number of para-hydroxylation sites is 1. The summed E-state index contributed by atoms with van der Waals surface area (Å²) in [7, 11) is 0. The van der Waals surface area contributed by atoms with E-state index in [1.165, 1.54) is 11.8 Å². The molecule has 1 aliphatic rings. The standard InChI is InChI=1S/C32H32N4O5/c1-21(29(37)31(39)33-18-22-10-4-2-5-11-22)34-30(38)28-17-25(41-20-23-12-6-3-7-13-23)19-36(28)32(40)27-16-24-14-8-9-15-26(24)35-27/h2-16,21,25,28,35H,17-20H2,1H3,(H,33,39)(H,34,38)/t21?,25-,28+/m1/s1. The number of aromatic nitrogens is 1. The Bertz CT molecular complexity index is 1500. The van der Waals surface area contributed by atoms with Crippen LogP contribution in [0.5, 0.6) is 0 Å². The number of carbonyl (C=O) groups excluding carboxylic acids is 4. The zero-order chi connectivity index (χ0) is 28.8. The molecule has 0 bridgehead atoms. The van der Waals surface area contributed by atoms with Crippen molar-refractivity contribution in [3.8, 4) is 0 Å². The molecule has 1 fully saturated rings. The number of rotatable bonds is 10. The summed E-state index contributed by atoms with van der Waals surface area (Å²) < 4.78 is 6.09. The zero-order valence-corrected chi connectivity index (χ0v) is 22.7. The van der Waals surface area contributed by atoms with Crippen LogP contribution in [0.1, 0.15) is 35.0 Å². The van der Waals surface area contributed by atoms with E-state index in [-0.39, 0.29) is 31.5 Å². The first-order valence-electron chi connectivity index (χ1n) is 13.6. The summed E-state index contributed by atoms with van der Waals surface area (Å²) in [4.78, 5) is 56.9. The number of aromatic amines is 1. The molecule has 3 atom stereocenters. The van der Waals surface area contributed by atoms with Crippen LogP contribution in [-0.2, 0) is 32.3 Å². The Kier molecular flexibility index (Phi) is 8.55. The number of hydrogen-bond donors (Lipinski definition) is 3. The Morgan fingerprint density at radius 3 is 2.29 bits per heavy atom. The Hall–Kier alpha value is -4.76. The Balaban J connectivity index is 1.26. The van der Waals surface area contributed by atoms with Gasteiger partial charge in [-0.25, -0.2) is 0 Å². The zero-order valence-electron chi connectivity index (χ0n) is 22.7. The van der Waals surface area contributed by atoms with Gasteiger partial charge in [0.1, 0.15) is 11.7 Å². The minimum absolute atomic E-state index is 0.196. The molecule has 1 aliphatic heterocycles. The van der Waals surface area contributed by atoms with E-state index >= 15 is 0 Å². The average Bonchev–Trinajstić information content (AvgIpc) is 3.64. The number of benzene rings is 3. The highest BCUT2D eigenvalue weighted by atomic mass is 16.5. The number of hydrogen-bond acceptors (Lipinski definition) is 5. The summed E-state index contributed by atoms with van der Waals surface area (Å²) in [6, 6.07) is 26.2. The molecular weight excluding hydrogens is 520 g/mol. The second kappa shape index (κ2) is 12.6. The lowest BCUT2D eigenvalue weighted by molar-refractivity contribution is -0.140. The van der Waals surface area contributed by atoms with Gasteiger partial charge < -0.3 is 25.3 Å². The van der Waals surface area contributed by atoms with Gasteiger partial charge in [0.05, 0.1) is 18.8 Å². The second-order valence-corrected chi connectivity index (χ2v) is 10.2. The first-order chi connectivity index (χ1) is 19.9. The van der Waals surface area contributed by atoms with Crippen LogP contribution in [0.2, 0.25) is 0 Å². The van der Waals surface area contributed by atoms with E-state index in [9.17, 15) is 19.2 Å². The highest BCUT2D eigenvalue weighted by Crippen LogP contribution is 2.25. The smallest absolute Gasteiger partial charge is 0.289 e. The number of amides is 3. The molecule has 0 radical (unpaired) electrons. The number of nitrogens with one attached hydrogen (secondary N) is 3. The van der Waals surface area contributed by atoms with Gasteiger partial charge in [0, 0.05) is 30.4 Å². The minimum atomic E-state index is -1.08. The molecule has 3 amide bonds. The van der Waals surface area contributed by atoms with Crippen LogP contribution in [0.3, 0.4) is 0 Å². The molecule has 41 heavy (non-hydrogen) atoms. The largest absolute Gasteiger partial charge is 0.372 e. The van der Waals surface area contributed by atoms with Crippen molar-refractivity contribution in [2.75, 3.05) is 6.54 Å². The van der Waals surface area contributed by atoms with Crippen LogP contribution in [0.25, 0.3) is 10.9 Å². The summed E-state index contributed by atoms with van der Waals surface area (Å²) >= 11 is 0. The normalized spacial score (nSPS) is 17.2. The number of ketones is 1. The van der Waals surface area contributed by atoms with Gasteiger partial charge in [0.2, 0.25) is 11.7 Å². The van der Waals surface area contributed by atoms with Crippen molar-refractivity contribution in [1.82, 2.24) is 20.5 Å². The van der Waals surface area contributed by atoms with Gasteiger partial charge in [-0.1, -0.05) is 78.9 Å². The topological polar surface area (TPSA) is 121 Å². The van der Waals surface area contributed by atoms with Crippen molar-refractivity contribution < 1.29 is 23.9 Å². The number of nitrogens with zero attached hydrogens (tertiary/aromatic N) is 1. The van der Waals surface area contributed by atoms with Crippen molar-refractivity contribution in [3.63, 3.8) is 0 Å². The molecule has 3 N–H and O–H groups in total. The molecule has 3 aromatic carbocycles. The van der Waals surface area contributed by atoms with Gasteiger partial charge in [-0.05, 0) is 30.2 Å². The van der Waals surface area contributed by atoms with E-state index < -0.39 is 29.7 Å². The third kappa shape index (κ3) is 6.70. The van der Waals surface area contributed by atoms with Crippen LogP contribution < -0.4 is 10.6 Å². The molecule has 4 aromatic rings. The average molecular weight is 553 g/mol. The molecule has 2 heterocycles. The first kappa shape index (κ1) is 27.8. The van der Waals surface area contributed by atoms with Crippen molar-refractivity contribution in [3.05, 3.63) is 108 Å². The first-order valence-corrected chi connectivity index (χ1v) is 13.6. The maximum Gasteiger partial charge on any atom is 0.289 e. The monoisotopic (exact) mass is 552 g/mol. The second-order valence-electron chi connectivity index (χ2n) is 10.2. The number of H-pyrrole nitrogens is 1. The fourth-order valence-corrected chi connectivity index (χ4v) is 4.96. The quantitative estimate of drug-likeness (QED) is 0.261. The molecular formula is C32H32N4O5. The molecule has 5 rings (SSSR count). The van der Waals surface area contributed by atoms with E-state index in [4.69, 9.17) is 4.74 Å². The Morgan fingerprint density at radius 2 is 1.59 bits per heavy atom. The molecule has 210 valence electrons. The van der Waals surface area contributed by atoms with Crippen molar-refractivity contribution >= 4 is 34.4 Å². The third-order valence-corrected chi connectivity index (χ3v) is 7.19. The van der Waals surface area contributed by atoms with Gasteiger partial charge in [0.25, 0.3) is 11.8 Å². The lowest BCUT2D eigenvalue weighted by atomic mass is 10.1. The van der Waals surface area contributed by atoms with E-state index in [1.54, 1.807) is 6.07 Å². The molecule has 0 saturated carbocycles. The number of ether oxygens (including phenoxy) is 1. The summed E-state index contributed by atoms with van der Waals surface area (Å²) in [5.74, 6) is -2.41. The summed E-state index contributed by atoms with van der Waals surface area (Å²) in [6.45, 7) is 2.20. The summed E-state index contributed by atoms with van der Waals surface area (Å²) in [5.41, 5.74) is 3.00. The van der Waals surface area contributed by atoms with E-state index in [2.05, 4.69) is 15.6 Å². The van der Waals surface area contributed by atoms with Crippen molar-refractivity contribution in [1.29, 1.82) is 0 Å². The number of likely N-dealkylation sites (tertiary alicyclic amines) is 1. The van der Waals surface area contributed by atoms with Crippen molar-refractivity contribution in [2.45, 2.75) is 44.7 Å². The Morgan fingerprint density at radius 1 is 0.927 bits per heavy atom. The fraction of sp³-hybridized carbons (Fsp3) is 0.250. The summed E-state index contributed by atoms with van der Waals surface area (Å²) in [6.07, 6.45) is -0.134. The maximum absolute atomic E-state index is 13.6. The van der Waals surface area contributed by atoms with Crippen LogP contribution in [0.15, 0.2) is 91.0 Å². The predicted octanol–water partition coefficient (Wildman–Crippen LogP) is 3.36. The van der Waals surface area contributed by atoms with Gasteiger partial charge in [-0.3, -0.25) is 19.2 Å². The van der Waals surface area contributed by atoms with Crippen molar-refractivity contribution in [2.24, 2.45) is 0 Å². The molecule has 1 aromatic heterocycles. The highest BCUT2D eigenvalue weighted by Gasteiger charge is 2.41. The van der Waals surface area contributed by atoms with Crippen LogP contribution in [-0.4, -0.2) is 58.1 Å². The number of carbonyl (C=O) groups is 4. The van der Waals surface area contributed by atoms with E-state index in [1.807, 2.05) is 84.9 Å². The fourth-order valence-electron chi connectivity index (χ4n) is 4.96. The maximum atomic E-state index is 13.6. The van der Waals surface area contributed by atoms with Crippen LogP contribution in [0, 0.1) is 0 Å². The van der Waals surface area contributed by atoms with Gasteiger partial charge >= 0.3 is 0 Å².